The third-order valence-corrected chi connectivity index (χ3v) is 3.14. The number of nitrogens with one attached hydrogen (secondary N) is 1. The molecule has 1 aliphatic heterocycles. The predicted octanol–water partition coefficient (Wildman–Crippen LogP) is 2.20. The molecule has 1 aliphatic rings. The van der Waals surface area contributed by atoms with Gasteiger partial charge >= 0.3 is 0 Å². The first-order chi connectivity index (χ1) is 8.85. The van der Waals surface area contributed by atoms with Crippen molar-refractivity contribution in [3.05, 3.63) is 48.0 Å². The lowest BCUT2D eigenvalue weighted by Gasteiger charge is -2.31. The van der Waals surface area contributed by atoms with E-state index in [1.54, 1.807) is 0 Å². The second kappa shape index (κ2) is 6.24. The fraction of sp³-hybridized carbons (Fsp3) is 0.400. The van der Waals surface area contributed by atoms with Gasteiger partial charge in [0.1, 0.15) is 0 Å². The molecule has 3 nitrogen and oxygen atoms in total. The quantitative estimate of drug-likeness (QED) is 0.501. The first-order valence-corrected chi connectivity index (χ1v) is 6.56. The van der Waals surface area contributed by atoms with Crippen LogP contribution in [-0.4, -0.2) is 30.5 Å². The van der Waals surface area contributed by atoms with E-state index < -0.39 is 0 Å². The zero-order valence-corrected chi connectivity index (χ0v) is 11.0. The maximum atomic E-state index is 4.54. The van der Waals surface area contributed by atoms with Crippen molar-refractivity contribution in [3.63, 3.8) is 0 Å². The summed E-state index contributed by atoms with van der Waals surface area (Å²) in [6, 6.07) is 8.65. The minimum atomic E-state index is 0.667. The van der Waals surface area contributed by atoms with E-state index in [0.29, 0.717) is 6.54 Å². The van der Waals surface area contributed by atoms with Crippen LogP contribution in [0.25, 0.3) is 0 Å². The molecule has 0 bridgehead atoms. The molecule has 1 N–H and O–H groups in total. The fourth-order valence-electron chi connectivity index (χ4n) is 2.25. The first kappa shape index (κ1) is 12.7. The average molecular weight is 243 g/mol. The third kappa shape index (κ3) is 2.92. The standard InChI is InChI=1S/C15H21N3/c1-3-10-17-15(16-4-2)18-11-9-13-7-5-6-8-14(13)12-18/h3,5-8H,1,4,9-12H2,2H3,(H,16,17). The summed E-state index contributed by atoms with van der Waals surface area (Å²) in [5.74, 6) is 0.993. The van der Waals surface area contributed by atoms with Gasteiger partial charge in [0, 0.05) is 19.6 Å². The van der Waals surface area contributed by atoms with Crippen LogP contribution >= 0.6 is 0 Å². The Hall–Kier alpha value is -1.77. The van der Waals surface area contributed by atoms with Crippen LogP contribution in [-0.2, 0) is 13.0 Å². The number of aliphatic imine (C=N–C) groups is 1. The summed E-state index contributed by atoms with van der Waals surface area (Å²) >= 11 is 0. The molecule has 96 valence electrons. The SMILES string of the molecule is C=CCN=C(NCC)N1CCc2ccccc2C1. The highest BCUT2D eigenvalue weighted by molar-refractivity contribution is 5.80. The molecule has 0 amide bonds. The maximum absolute atomic E-state index is 4.54. The molecule has 0 aliphatic carbocycles. The van der Waals surface area contributed by atoms with Crippen LogP contribution in [0.2, 0.25) is 0 Å². The molecule has 0 aromatic heterocycles. The summed E-state index contributed by atoms with van der Waals surface area (Å²) in [5, 5.41) is 3.35. The van der Waals surface area contributed by atoms with Gasteiger partial charge < -0.3 is 10.2 Å². The van der Waals surface area contributed by atoms with Crippen molar-refractivity contribution in [2.75, 3.05) is 19.6 Å². The van der Waals surface area contributed by atoms with Crippen molar-refractivity contribution >= 4 is 5.96 Å². The Morgan fingerprint density at radius 3 is 2.94 bits per heavy atom. The molecule has 18 heavy (non-hydrogen) atoms. The van der Waals surface area contributed by atoms with Gasteiger partial charge in [-0.3, -0.25) is 0 Å². The summed E-state index contributed by atoms with van der Waals surface area (Å²) in [4.78, 5) is 6.86. The summed E-state index contributed by atoms with van der Waals surface area (Å²) in [7, 11) is 0. The van der Waals surface area contributed by atoms with Crippen molar-refractivity contribution < 1.29 is 0 Å². The van der Waals surface area contributed by atoms with Gasteiger partial charge in [-0.2, -0.15) is 0 Å². The van der Waals surface area contributed by atoms with Crippen LogP contribution in [0, 0.1) is 0 Å². The van der Waals surface area contributed by atoms with Gasteiger partial charge in [-0.25, -0.2) is 4.99 Å². The van der Waals surface area contributed by atoms with E-state index in [9.17, 15) is 0 Å². The van der Waals surface area contributed by atoms with E-state index in [4.69, 9.17) is 0 Å². The van der Waals surface area contributed by atoms with E-state index in [1.165, 1.54) is 11.1 Å². The molecule has 0 saturated carbocycles. The van der Waals surface area contributed by atoms with Crippen LogP contribution < -0.4 is 5.32 Å². The Balaban J connectivity index is 2.12. The molecule has 1 aromatic rings. The smallest absolute Gasteiger partial charge is 0.194 e. The van der Waals surface area contributed by atoms with E-state index in [0.717, 1.165) is 32.0 Å². The maximum Gasteiger partial charge on any atom is 0.194 e. The fourth-order valence-corrected chi connectivity index (χ4v) is 2.25. The van der Waals surface area contributed by atoms with Crippen molar-refractivity contribution in [1.29, 1.82) is 0 Å². The molecule has 0 saturated heterocycles. The molecule has 0 radical (unpaired) electrons. The monoisotopic (exact) mass is 243 g/mol. The van der Waals surface area contributed by atoms with Gasteiger partial charge in [0.25, 0.3) is 0 Å². The van der Waals surface area contributed by atoms with Gasteiger partial charge in [0.15, 0.2) is 5.96 Å². The highest BCUT2D eigenvalue weighted by atomic mass is 15.3. The lowest BCUT2D eigenvalue weighted by molar-refractivity contribution is 0.379. The van der Waals surface area contributed by atoms with Gasteiger partial charge in [0.05, 0.1) is 6.54 Å². The average Bonchev–Trinajstić information content (AvgIpc) is 2.43. The summed E-state index contributed by atoms with van der Waals surface area (Å²) in [6.45, 7) is 9.35. The van der Waals surface area contributed by atoms with Crippen LogP contribution in [0.5, 0.6) is 0 Å². The molecule has 3 heteroatoms. The van der Waals surface area contributed by atoms with E-state index in [2.05, 4.69) is 53.0 Å². The van der Waals surface area contributed by atoms with E-state index >= 15 is 0 Å². The molecule has 0 unspecified atom stereocenters. The highest BCUT2D eigenvalue weighted by Crippen LogP contribution is 2.18. The van der Waals surface area contributed by atoms with Crippen LogP contribution in [0.3, 0.4) is 0 Å². The van der Waals surface area contributed by atoms with Crippen molar-refractivity contribution in [3.8, 4) is 0 Å². The number of nitrogens with zero attached hydrogens (tertiary/aromatic N) is 2. The van der Waals surface area contributed by atoms with E-state index in [-0.39, 0.29) is 0 Å². The molecule has 0 atom stereocenters. The zero-order valence-electron chi connectivity index (χ0n) is 11.0. The number of guanidine groups is 1. The lowest BCUT2D eigenvalue weighted by atomic mass is 10.0. The van der Waals surface area contributed by atoms with Crippen LogP contribution in [0.4, 0.5) is 0 Å². The Bertz CT molecular complexity index is 437. The number of fused-ring (bicyclic) bond motifs is 1. The Kier molecular flexibility index (Phi) is 4.40. The van der Waals surface area contributed by atoms with Crippen molar-refractivity contribution in [2.24, 2.45) is 4.99 Å². The van der Waals surface area contributed by atoms with Crippen LogP contribution in [0.15, 0.2) is 41.9 Å². The second-order valence-corrected chi connectivity index (χ2v) is 4.42. The Labute approximate surface area is 109 Å². The van der Waals surface area contributed by atoms with Crippen molar-refractivity contribution in [1.82, 2.24) is 10.2 Å². The minimum absolute atomic E-state index is 0.667. The first-order valence-electron chi connectivity index (χ1n) is 6.56. The van der Waals surface area contributed by atoms with Gasteiger partial charge in [-0.1, -0.05) is 30.3 Å². The molecular weight excluding hydrogens is 222 g/mol. The van der Waals surface area contributed by atoms with Gasteiger partial charge in [-0.15, -0.1) is 6.58 Å². The molecule has 0 fully saturated rings. The predicted molar refractivity (Wildman–Crippen MR) is 76.7 cm³/mol. The zero-order chi connectivity index (χ0) is 12.8. The number of benzene rings is 1. The van der Waals surface area contributed by atoms with Gasteiger partial charge in [-0.05, 0) is 24.5 Å². The normalized spacial score (nSPS) is 15.2. The van der Waals surface area contributed by atoms with Gasteiger partial charge in [0.2, 0.25) is 0 Å². The molecule has 0 spiro atoms. The number of hydrogen-bond acceptors (Lipinski definition) is 1. The number of hydrogen-bond donors (Lipinski definition) is 1. The van der Waals surface area contributed by atoms with E-state index in [1.807, 2.05) is 6.08 Å². The molecular formula is C15H21N3. The lowest BCUT2D eigenvalue weighted by Crippen LogP contribution is -2.44. The Morgan fingerprint density at radius 1 is 1.44 bits per heavy atom. The summed E-state index contributed by atoms with van der Waals surface area (Å²) in [5.41, 5.74) is 2.88. The number of rotatable bonds is 3. The Morgan fingerprint density at radius 2 is 2.22 bits per heavy atom. The molecule has 1 heterocycles. The minimum Gasteiger partial charge on any atom is -0.356 e. The highest BCUT2D eigenvalue weighted by Gasteiger charge is 2.18. The van der Waals surface area contributed by atoms with Crippen LogP contribution in [0.1, 0.15) is 18.1 Å². The summed E-state index contributed by atoms with van der Waals surface area (Å²) in [6.07, 6.45) is 2.92. The largest absolute Gasteiger partial charge is 0.356 e. The second-order valence-electron chi connectivity index (χ2n) is 4.42. The molecule has 2 rings (SSSR count). The summed E-state index contributed by atoms with van der Waals surface area (Å²) < 4.78 is 0. The topological polar surface area (TPSA) is 27.6 Å². The van der Waals surface area contributed by atoms with Crippen molar-refractivity contribution in [2.45, 2.75) is 19.9 Å². The molecule has 1 aromatic carbocycles. The third-order valence-electron chi connectivity index (χ3n) is 3.14.